The van der Waals surface area contributed by atoms with Gasteiger partial charge in [0.15, 0.2) is 0 Å². The Morgan fingerprint density at radius 1 is 1.40 bits per heavy atom. The summed E-state index contributed by atoms with van der Waals surface area (Å²) in [6, 6.07) is 7.19. The SMILES string of the molecule is Cc1ccc(CN(C)C2CCC2)cc1N. The van der Waals surface area contributed by atoms with Crippen LogP contribution in [0, 0.1) is 6.92 Å². The molecule has 1 aliphatic rings. The summed E-state index contributed by atoms with van der Waals surface area (Å²) >= 11 is 0. The van der Waals surface area contributed by atoms with Crippen molar-refractivity contribution < 1.29 is 0 Å². The molecule has 0 radical (unpaired) electrons. The normalized spacial score (nSPS) is 16.7. The summed E-state index contributed by atoms with van der Waals surface area (Å²) in [6.45, 7) is 3.07. The lowest BCUT2D eigenvalue weighted by Crippen LogP contribution is -2.36. The molecular formula is C13H20N2. The Labute approximate surface area is 92.1 Å². The Bertz CT molecular complexity index is 342. The van der Waals surface area contributed by atoms with E-state index in [1.807, 2.05) is 0 Å². The van der Waals surface area contributed by atoms with Crippen LogP contribution in [-0.2, 0) is 6.54 Å². The van der Waals surface area contributed by atoms with Gasteiger partial charge >= 0.3 is 0 Å². The fourth-order valence-electron chi connectivity index (χ4n) is 2.03. The minimum absolute atomic E-state index is 0.799. The number of nitrogens with two attached hydrogens (primary N) is 1. The van der Waals surface area contributed by atoms with Gasteiger partial charge in [0.1, 0.15) is 0 Å². The molecule has 1 saturated carbocycles. The predicted molar refractivity (Wildman–Crippen MR) is 64.7 cm³/mol. The molecule has 2 N–H and O–H groups in total. The van der Waals surface area contributed by atoms with Gasteiger partial charge in [-0.15, -0.1) is 0 Å². The van der Waals surface area contributed by atoms with Crippen molar-refractivity contribution in [2.75, 3.05) is 12.8 Å². The van der Waals surface area contributed by atoms with E-state index >= 15 is 0 Å². The van der Waals surface area contributed by atoms with Crippen molar-refractivity contribution in [3.63, 3.8) is 0 Å². The first kappa shape index (κ1) is 10.5. The van der Waals surface area contributed by atoms with Crippen LogP contribution in [0.25, 0.3) is 0 Å². The van der Waals surface area contributed by atoms with Gasteiger partial charge in [-0.3, -0.25) is 4.90 Å². The van der Waals surface area contributed by atoms with Gasteiger partial charge in [-0.25, -0.2) is 0 Å². The first-order valence-electron chi connectivity index (χ1n) is 5.72. The number of anilines is 1. The van der Waals surface area contributed by atoms with E-state index in [9.17, 15) is 0 Å². The molecule has 0 bridgehead atoms. The maximum atomic E-state index is 5.90. The molecular weight excluding hydrogens is 184 g/mol. The van der Waals surface area contributed by atoms with Crippen LogP contribution in [0.1, 0.15) is 30.4 Å². The molecule has 0 aromatic heterocycles. The summed E-state index contributed by atoms with van der Waals surface area (Å²) in [5.41, 5.74) is 9.31. The van der Waals surface area contributed by atoms with E-state index in [2.05, 4.69) is 37.1 Å². The number of hydrogen-bond acceptors (Lipinski definition) is 2. The molecule has 0 amide bonds. The molecule has 15 heavy (non-hydrogen) atoms. The Morgan fingerprint density at radius 2 is 2.13 bits per heavy atom. The molecule has 0 atom stereocenters. The van der Waals surface area contributed by atoms with Crippen molar-refractivity contribution in [1.82, 2.24) is 4.90 Å². The van der Waals surface area contributed by atoms with Crippen LogP contribution >= 0.6 is 0 Å². The lowest BCUT2D eigenvalue weighted by atomic mass is 9.91. The van der Waals surface area contributed by atoms with E-state index in [1.54, 1.807) is 0 Å². The van der Waals surface area contributed by atoms with Gasteiger partial charge < -0.3 is 5.73 Å². The molecule has 2 rings (SSSR count). The lowest BCUT2D eigenvalue weighted by molar-refractivity contribution is 0.152. The highest BCUT2D eigenvalue weighted by molar-refractivity contribution is 5.48. The van der Waals surface area contributed by atoms with Crippen molar-refractivity contribution in [1.29, 1.82) is 0 Å². The average Bonchev–Trinajstić information content (AvgIpc) is 2.08. The smallest absolute Gasteiger partial charge is 0.0346 e. The third-order valence-corrected chi connectivity index (χ3v) is 3.47. The summed E-state index contributed by atoms with van der Waals surface area (Å²) in [6.07, 6.45) is 4.11. The van der Waals surface area contributed by atoms with Crippen molar-refractivity contribution in [2.24, 2.45) is 0 Å². The molecule has 1 aromatic rings. The van der Waals surface area contributed by atoms with Crippen molar-refractivity contribution >= 4 is 5.69 Å². The summed E-state index contributed by atoms with van der Waals surface area (Å²) in [4.78, 5) is 2.44. The standard InChI is InChI=1S/C13H20N2/c1-10-6-7-11(8-13(10)14)9-15(2)12-4-3-5-12/h6-8,12H,3-5,9,14H2,1-2H3. The van der Waals surface area contributed by atoms with Gasteiger partial charge in [-0.1, -0.05) is 18.6 Å². The minimum Gasteiger partial charge on any atom is -0.399 e. The summed E-state index contributed by atoms with van der Waals surface area (Å²) < 4.78 is 0. The molecule has 0 spiro atoms. The fraction of sp³-hybridized carbons (Fsp3) is 0.538. The second kappa shape index (κ2) is 4.23. The molecule has 2 nitrogen and oxygen atoms in total. The molecule has 0 unspecified atom stereocenters. The van der Waals surface area contributed by atoms with Gasteiger partial charge in [0.2, 0.25) is 0 Å². The lowest BCUT2D eigenvalue weighted by Gasteiger charge is -2.34. The van der Waals surface area contributed by atoms with Crippen LogP contribution in [-0.4, -0.2) is 18.0 Å². The molecule has 0 aliphatic heterocycles. The van der Waals surface area contributed by atoms with Gasteiger partial charge in [0.05, 0.1) is 0 Å². The highest BCUT2D eigenvalue weighted by Crippen LogP contribution is 2.25. The second-order valence-electron chi connectivity index (χ2n) is 4.69. The van der Waals surface area contributed by atoms with Crippen LogP contribution in [0.5, 0.6) is 0 Å². The zero-order valence-electron chi connectivity index (χ0n) is 9.66. The van der Waals surface area contributed by atoms with Gasteiger partial charge in [0, 0.05) is 18.3 Å². The second-order valence-corrected chi connectivity index (χ2v) is 4.69. The summed E-state index contributed by atoms with van der Waals surface area (Å²) in [5, 5.41) is 0. The van der Waals surface area contributed by atoms with Crippen LogP contribution < -0.4 is 5.73 Å². The van der Waals surface area contributed by atoms with E-state index < -0.39 is 0 Å². The quantitative estimate of drug-likeness (QED) is 0.767. The third kappa shape index (κ3) is 2.32. The molecule has 82 valence electrons. The van der Waals surface area contributed by atoms with E-state index in [1.165, 1.54) is 30.4 Å². The first-order chi connectivity index (χ1) is 7.16. The van der Waals surface area contributed by atoms with E-state index in [0.29, 0.717) is 0 Å². The predicted octanol–water partition coefficient (Wildman–Crippen LogP) is 2.56. The summed E-state index contributed by atoms with van der Waals surface area (Å²) in [7, 11) is 2.21. The number of aryl methyl sites for hydroxylation is 1. The molecule has 0 saturated heterocycles. The Morgan fingerprint density at radius 3 is 2.67 bits per heavy atom. The van der Waals surface area contributed by atoms with Gasteiger partial charge in [-0.05, 0) is 44.0 Å². The average molecular weight is 204 g/mol. The van der Waals surface area contributed by atoms with Crippen molar-refractivity contribution in [2.45, 2.75) is 38.8 Å². The number of nitrogens with zero attached hydrogens (tertiary/aromatic N) is 1. The number of nitrogen functional groups attached to an aromatic ring is 1. The molecule has 1 aliphatic carbocycles. The Kier molecular flexibility index (Phi) is 2.96. The zero-order valence-corrected chi connectivity index (χ0v) is 9.66. The van der Waals surface area contributed by atoms with E-state index in [0.717, 1.165) is 18.3 Å². The first-order valence-corrected chi connectivity index (χ1v) is 5.72. The maximum absolute atomic E-state index is 5.90. The van der Waals surface area contributed by atoms with Crippen LogP contribution in [0.3, 0.4) is 0 Å². The van der Waals surface area contributed by atoms with Gasteiger partial charge in [0.25, 0.3) is 0 Å². The van der Waals surface area contributed by atoms with E-state index in [-0.39, 0.29) is 0 Å². The monoisotopic (exact) mass is 204 g/mol. The van der Waals surface area contributed by atoms with Crippen LogP contribution in [0.4, 0.5) is 5.69 Å². The topological polar surface area (TPSA) is 29.3 Å². The minimum atomic E-state index is 0.799. The zero-order chi connectivity index (χ0) is 10.8. The van der Waals surface area contributed by atoms with E-state index in [4.69, 9.17) is 5.73 Å². The Balaban J connectivity index is 2.00. The van der Waals surface area contributed by atoms with Crippen molar-refractivity contribution in [3.8, 4) is 0 Å². The largest absolute Gasteiger partial charge is 0.399 e. The number of benzene rings is 1. The molecule has 0 heterocycles. The number of hydrogen-bond donors (Lipinski definition) is 1. The number of rotatable bonds is 3. The fourth-order valence-corrected chi connectivity index (χ4v) is 2.03. The van der Waals surface area contributed by atoms with Crippen molar-refractivity contribution in [3.05, 3.63) is 29.3 Å². The van der Waals surface area contributed by atoms with Crippen LogP contribution in [0.2, 0.25) is 0 Å². The third-order valence-electron chi connectivity index (χ3n) is 3.47. The highest BCUT2D eigenvalue weighted by atomic mass is 15.1. The molecule has 1 aromatic carbocycles. The van der Waals surface area contributed by atoms with Gasteiger partial charge in [-0.2, -0.15) is 0 Å². The highest BCUT2D eigenvalue weighted by Gasteiger charge is 2.21. The maximum Gasteiger partial charge on any atom is 0.0346 e. The Hall–Kier alpha value is -1.02. The van der Waals surface area contributed by atoms with Crippen LogP contribution in [0.15, 0.2) is 18.2 Å². The summed E-state index contributed by atoms with van der Waals surface area (Å²) in [5.74, 6) is 0. The molecule has 1 fully saturated rings. The molecule has 2 heteroatoms.